The van der Waals surface area contributed by atoms with Crippen molar-refractivity contribution in [3.05, 3.63) is 136 Å². The Morgan fingerprint density at radius 1 is 0.867 bits per heavy atom. The average Bonchev–Trinajstić information content (AvgIpc) is 3.72. The van der Waals surface area contributed by atoms with Crippen molar-refractivity contribution in [1.82, 2.24) is 28.9 Å². The van der Waals surface area contributed by atoms with Gasteiger partial charge in [-0.15, -0.1) is 0 Å². The van der Waals surface area contributed by atoms with E-state index < -0.39 is 46.7 Å². The van der Waals surface area contributed by atoms with Gasteiger partial charge in [0.05, 0.1) is 28.7 Å². The summed E-state index contributed by atoms with van der Waals surface area (Å²) in [6, 6.07) is 14.2. The third-order valence-corrected chi connectivity index (χ3v) is 6.79. The minimum absolute atomic E-state index is 0.0318. The number of halogens is 5. The number of amides is 1. The molecular weight excluding hydrogens is 601 g/mol. The van der Waals surface area contributed by atoms with Crippen LogP contribution >= 0.6 is 0 Å². The number of rotatable bonds is 7. The maximum absolute atomic E-state index is 14.3. The molecule has 0 atom stereocenters. The Morgan fingerprint density at radius 3 is 2.33 bits per heavy atom. The molecule has 45 heavy (non-hydrogen) atoms. The molecule has 0 bridgehead atoms. The fourth-order valence-corrected chi connectivity index (χ4v) is 4.76. The summed E-state index contributed by atoms with van der Waals surface area (Å²) in [5.74, 6) is -1.76. The number of nitrogens with one attached hydrogen (secondary N) is 1. The Balaban J connectivity index is 1.30. The van der Waals surface area contributed by atoms with Gasteiger partial charge in [-0.3, -0.25) is 18.8 Å². The first-order valence-electron chi connectivity index (χ1n) is 13.0. The van der Waals surface area contributed by atoms with Gasteiger partial charge in [0.2, 0.25) is 0 Å². The van der Waals surface area contributed by atoms with Crippen molar-refractivity contribution in [2.75, 3.05) is 5.32 Å². The average molecular weight is 620 g/mol. The molecule has 1 amide bonds. The zero-order valence-electron chi connectivity index (χ0n) is 22.6. The molecule has 4 aromatic heterocycles. The highest BCUT2D eigenvalue weighted by molar-refractivity contribution is 6.12. The minimum Gasteiger partial charge on any atom is -0.322 e. The van der Waals surface area contributed by atoms with Crippen molar-refractivity contribution in [3.63, 3.8) is 0 Å². The number of carbonyl (C=O) groups excluding carboxylic acids is 2. The molecule has 0 aliphatic heterocycles. The van der Waals surface area contributed by atoms with Crippen LogP contribution in [0.5, 0.6) is 0 Å². The molecule has 0 radical (unpaired) electrons. The normalized spacial score (nSPS) is 11.7. The second-order valence-corrected chi connectivity index (χ2v) is 9.57. The SMILES string of the molecule is O=C(Nc1ccc(-n2cccn2)c(C(F)F)c1)c1cnn(-c2ccc(C(=O)c3cccn4c(=O)ccnc34)cc2)c1C(F)(F)F. The summed E-state index contributed by atoms with van der Waals surface area (Å²) >= 11 is 0. The van der Waals surface area contributed by atoms with Gasteiger partial charge in [-0.25, -0.2) is 23.1 Å². The fraction of sp³-hybridized carbons (Fsp3) is 0.0667. The first-order valence-corrected chi connectivity index (χ1v) is 13.0. The van der Waals surface area contributed by atoms with Crippen LogP contribution in [-0.2, 0) is 6.18 Å². The molecular formula is C30H18F5N7O3. The minimum atomic E-state index is -5.06. The van der Waals surface area contributed by atoms with Crippen molar-refractivity contribution >= 4 is 23.0 Å². The van der Waals surface area contributed by atoms with E-state index >= 15 is 0 Å². The van der Waals surface area contributed by atoms with E-state index in [1.54, 1.807) is 0 Å². The standard InChI is InChI=1S/C30H18F5N7O3/c31-27(32)21-15-18(6-9-23(21)41-14-2-11-37-41)39-29(45)22-16-38-42(26(22)30(33,34)35)19-7-4-17(5-8-19)25(44)20-3-1-13-40-24(43)10-12-36-28(20)40/h1-16,27H,(H,39,45). The molecule has 0 unspecified atom stereocenters. The zero-order valence-corrected chi connectivity index (χ0v) is 22.6. The summed E-state index contributed by atoms with van der Waals surface area (Å²) in [5.41, 5.74) is -3.12. The maximum atomic E-state index is 14.3. The predicted octanol–water partition coefficient (Wildman–Crippen LogP) is 5.51. The molecule has 15 heteroatoms. The van der Waals surface area contributed by atoms with Crippen LogP contribution in [0.1, 0.15) is 44.0 Å². The number of hydrogen-bond acceptors (Lipinski definition) is 6. The van der Waals surface area contributed by atoms with Crippen molar-refractivity contribution < 1.29 is 31.5 Å². The first kappa shape index (κ1) is 29.1. The number of fused-ring (bicyclic) bond motifs is 1. The van der Waals surface area contributed by atoms with Crippen LogP contribution in [0.3, 0.4) is 0 Å². The molecule has 4 heterocycles. The number of hydrogen-bond donors (Lipinski definition) is 1. The van der Waals surface area contributed by atoms with Crippen LogP contribution in [0.2, 0.25) is 0 Å². The summed E-state index contributed by atoms with van der Waals surface area (Å²) in [6.45, 7) is 0. The van der Waals surface area contributed by atoms with Crippen molar-refractivity contribution in [3.8, 4) is 11.4 Å². The molecule has 6 rings (SSSR count). The van der Waals surface area contributed by atoms with Gasteiger partial charge in [0.25, 0.3) is 17.9 Å². The smallest absolute Gasteiger partial charge is 0.322 e. The highest BCUT2D eigenvalue weighted by Crippen LogP contribution is 2.35. The van der Waals surface area contributed by atoms with Crippen molar-refractivity contribution in [1.29, 1.82) is 0 Å². The lowest BCUT2D eigenvalue weighted by Gasteiger charge is -2.14. The lowest BCUT2D eigenvalue weighted by molar-refractivity contribution is -0.143. The lowest BCUT2D eigenvalue weighted by Crippen LogP contribution is -2.21. The molecule has 10 nitrogen and oxygen atoms in total. The van der Waals surface area contributed by atoms with Gasteiger partial charge in [0, 0.05) is 47.7 Å². The van der Waals surface area contributed by atoms with Gasteiger partial charge in [-0.05, 0) is 60.7 Å². The van der Waals surface area contributed by atoms with E-state index in [0.29, 0.717) is 10.9 Å². The van der Waals surface area contributed by atoms with Crippen LogP contribution in [0.15, 0.2) is 103 Å². The maximum Gasteiger partial charge on any atom is 0.434 e. The summed E-state index contributed by atoms with van der Waals surface area (Å²) in [7, 11) is 0. The number of nitrogens with zero attached hydrogens (tertiary/aromatic N) is 6. The lowest BCUT2D eigenvalue weighted by atomic mass is 10.0. The van der Waals surface area contributed by atoms with Gasteiger partial charge in [0.1, 0.15) is 0 Å². The Bertz CT molecular complexity index is 2120. The molecule has 0 saturated carbocycles. The molecule has 1 N–H and O–H groups in total. The first-order chi connectivity index (χ1) is 21.5. The number of anilines is 1. The predicted molar refractivity (Wildman–Crippen MR) is 150 cm³/mol. The van der Waals surface area contributed by atoms with E-state index in [9.17, 15) is 36.3 Å². The van der Waals surface area contributed by atoms with Gasteiger partial charge >= 0.3 is 6.18 Å². The highest BCUT2D eigenvalue weighted by atomic mass is 19.4. The number of aromatic nitrogens is 6. The topological polar surface area (TPSA) is 116 Å². The van der Waals surface area contributed by atoms with E-state index in [-0.39, 0.29) is 33.8 Å². The zero-order chi connectivity index (χ0) is 31.9. The molecule has 0 spiro atoms. The van der Waals surface area contributed by atoms with Gasteiger partial charge in [0.15, 0.2) is 17.1 Å². The Hall–Kier alpha value is -5.99. The summed E-state index contributed by atoms with van der Waals surface area (Å²) in [6.07, 6.45) is -1.78. The monoisotopic (exact) mass is 619 g/mol. The molecule has 0 aliphatic carbocycles. The molecule has 0 aliphatic rings. The Labute approximate surface area is 249 Å². The molecule has 6 aromatic rings. The van der Waals surface area contributed by atoms with E-state index in [2.05, 4.69) is 20.5 Å². The van der Waals surface area contributed by atoms with Crippen molar-refractivity contribution in [2.45, 2.75) is 12.6 Å². The van der Waals surface area contributed by atoms with Crippen LogP contribution in [-0.4, -0.2) is 40.6 Å². The van der Waals surface area contributed by atoms with Crippen LogP contribution < -0.4 is 10.9 Å². The van der Waals surface area contributed by atoms with E-state index in [1.807, 2.05) is 0 Å². The van der Waals surface area contributed by atoms with E-state index in [4.69, 9.17) is 0 Å². The third-order valence-electron chi connectivity index (χ3n) is 6.79. The van der Waals surface area contributed by atoms with Gasteiger partial charge < -0.3 is 5.32 Å². The summed E-state index contributed by atoms with van der Waals surface area (Å²) in [5, 5.41) is 9.91. The summed E-state index contributed by atoms with van der Waals surface area (Å²) in [4.78, 5) is 42.4. The molecule has 2 aromatic carbocycles. The van der Waals surface area contributed by atoms with Crippen molar-refractivity contribution in [2.24, 2.45) is 0 Å². The molecule has 0 fully saturated rings. The van der Waals surface area contributed by atoms with E-state index in [1.165, 1.54) is 94.5 Å². The number of benzene rings is 2. The van der Waals surface area contributed by atoms with Gasteiger partial charge in [-0.1, -0.05) is 0 Å². The fourth-order valence-electron chi connectivity index (χ4n) is 4.76. The van der Waals surface area contributed by atoms with Crippen LogP contribution in [0, 0.1) is 0 Å². The Morgan fingerprint density at radius 2 is 1.64 bits per heavy atom. The molecule has 226 valence electrons. The molecule has 0 saturated heterocycles. The van der Waals surface area contributed by atoms with Crippen LogP contribution in [0.25, 0.3) is 17.0 Å². The quantitative estimate of drug-likeness (QED) is 0.186. The number of carbonyl (C=O) groups is 2. The van der Waals surface area contributed by atoms with E-state index in [0.717, 1.165) is 6.07 Å². The second kappa shape index (κ2) is 11.3. The number of alkyl halides is 5. The summed E-state index contributed by atoms with van der Waals surface area (Å²) < 4.78 is 73.3. The number of ketones is 1. The van der Waals surface area contributed by atoms with Gasteiger partial charge in [-0.2, -0.15) is 23.4 Å². The third kappa shape index (κ3) is 5.46. The number of pyridine rings is 1. The second-order valence-electron chi connectivity index (χ2n) is 9.57. The largest absolute Gasteiger partial charge is 0.434 e. The Kier molecular flexibility index (Phi) is 7.28. The highest BCUT2D eigenvalue weighted by Gasteiger charge is 2.40. The van der Waals surface area contributed by atoms with Crippen LogP contribution in [0.4, 0.5) is 27.6 Å².